The van der Waals surface area contributed by atoms with Gasteiger partial charge in [-0.2, -0.15) is 0 Å². The Labute approximate surface area is 142 Å². The molecular formula is C15H17N3O5S. The fourth-order valence-corrected chi connectivity index (χ4v) is 3.01. The van der Waals surface area contributed by atoms with Crippen molar-refractivity contribution < 1.29 is 24.2 Å². The Morgan fingerprint density at radius 3 is 2.92 bits per heavy atom. The number of aliphatic hydroxyl groups excluding tert-OH is 1. The van der Waals surface area contributed by atoms with Gasteiger partial charge < -0.3 is 25.2 Å². The number of benzene rings is 1. The van der Waals surface area contributed by atoms with Crippen molar-refractivity contribution in [1.29, 1.82) is 0 Å². The molecule has 9 heteroatoms. The summed E-state index contributed by atoms with van der Waals surface area (Å²) in [7, 11) is 0. The zero-order valence-corrected chi connectivity index (χ0v) is 13.6. The van der Waals surface area contributed by atoms with E-state index in [0.717, 1.165) is 11.3 Å². The van der Waals surface area contributed by atoms with Crippen molar-refractivity contribution in [2.24, 2.45) is 4.99 Å². The highest BCUT2D eigenvalue weighted by Crippen LogP contribution is 2.32. The molecule has 1 aromatic carbocycles. The molecule has 3 rings (SSSR count). The molecule has 24 heavy (non-hydrogen) atoms. The van der Waals surface area contributed by atoms with Crippen molar-refractivity contribution >= 4 is 28.7 Å². The van der Waals surface area contributed by atoms with E-state index in [0.29, 0.717) is 23.2 Å². The van der Waals surface area contributed by atoms with Gasteiger partial charge in [0.2, 0.25) is 12.7 Å². The lowest BCUT2D eigenvalue weighted by Gasteiger charge is -2.16. The highest BCUT2D eigenvalue weighted by atomic mass is 32.2. The molecule has 0 fully saturated rings. The molecule has 0 radical (unpaired) electrons. The number of carbonyl (C=O) groups excluding carboxylic acids is 2. The van der Waals surface area contributed by atoms with Crippen LogP contribution in [-0.4, -0.2) is 53.8 Å². The van der Waals surface area contributed by atoms with Crippen LogP contribution in [0.4, 0.5) is 0 Å². The molecule has 2 aliphatic rings. The van der Waals surface area contributed by atoms with Gasteiger partial charge in [0.15, 0.2) is 16.7 Å². The Kier molecular flexibility index (Phi) is 5.21. The van der Waals surface area contributed by atoms with Gasteiger partial charge in [0, 0.05) is 5.75 Å². The monoisotopic (exact) mass is 351 g/mol. The summed E-state index contributed by atoms with van der Waals surface area (Å²) in [6.45, 7) is 0.330. The van der Waals surface area contributed by atoms with Gasteiger partial charge in [-0.05, 0) is 17.7 Å². The number of hydrogen-bond acceptors (Lipinski definition) is 7. The Morgan fingerprint density at radius 1 is 1.33 bits per heavy atom. The maximum Gasteiger partial charge on any atom is 0.250 e. The Morgan fingerprint density at radius 2 is 2.17 bits per heavy atom. The summed E-state index contributed by atoms with van der Waals surface area (Å²) in [5.74, 6) is 1.19. The number of aliphatic imine (C=N–C) groups is 1. The Bertz CT molecular complexity index is 679. The first-order valence-corrected chi connectivity index (χ1v) is 8.41. The second-order valence-corrected chi connectivity index (χ2v) is 6.28. The van der Waals surface area contributed by atoms with Crippen LogP contribution in [0.2, 0.25) is 0 Å². The number of aliphatic hydroxyl groups is 1. The highest BCUT2D eigenvalue weighted by molar-refractivity contribution is 8.14. The number of amidine groups is 1. The standard InChI is InChI=1S/C15H17N3O5S/c19-7-10(14(21)18-15-16-3-4-24-15)17-13(20)6-9-1-2-11-12(5-9)23-8-22-11/h1-2,5,10,19H,3-4,6-8H2,(H,17,20)(H,16,18,21)/t10-/m0/s1. The van der Waals surface area contributed by atoms with Crippen LogP contribution in [0.3, 0.4) is 0 Å². The molecule has 0 saturated carbocycles. The Balaban J connectivity index is 1.55. The zero-order valence-electron chi connectivity index (χ0n) is 12.8. The third kappa shape index (κ3) is 3.98. The lowest BCUT2D eigenvalue weighted by Crippen LogP contribution is -2.50. The minimum atomic E-state index is -1.02. The van der Waals surface area contributed by atoms with E-state index < -0.39 is 18.6 Å². The predicted octanol–water partition coefficient (Wildman–Crippen LogP) is -0.346. The molecule has 2 amide bonds. The van der Waals surface area contributed by atoms with Crippen LogP contribution in [0.25, 0.3) is 0 Å². The van der Waals surface area contributed by atoms with E-state index in [1.54, 1.807) is 18.2 Å². The molecule has 1 atom stereocenters. The van der Waals surface area contributed by atoms with Crippen molar-refractivity contribution in [3.63, 3.8) is 0 Å². The summed E-state index contributed by atoms with van der Waals surface area (Å²) in [5.41, 5.74) is 0.726. The number of hydrogen-bond donors (Lipinski definition) is 3. The van der Waals surface area contributed by atoms with Gasteiger partial charge in [0.25, 0.3) is 5.91 Å². The lowest BCUT2D eigenvalue weighted by molar-refractivity contribution is -0.128. The lowest BCUT2D eigenvalue weighted by atomic mass is 10.1. The SMILES string of the molecule is O=C(Cc1ccc2c(c1)OCO2)N[C@@H](CO)C(=O)NC1=NCCS1. The molecule has 3 N–H and O–H groups in total. The van der Waals surface area contributed by atoms with Crippen molar-refractivity contribution in [2.75, 3.05) is 25.7 Å². The van der Waals surface area contributed by atoms with E-state index in [1.165, 1.54) is 11.8 Å². The van der Waals surface area contributed by atoms with E-state index >= 15 is 0 Å². The molecule has 1 aromatic rings. The zero-order chi connectivity index (χ0) is 16.9. The van der Waals surface area contributed by atoms with Crippen LogP contribution in [0, 0.1) is 0 Å². The molecule has 0 saturated heterocycles. The molecule has 8 nitrogen and oxygen atoms in total. The summed E-state index contributed by atoms with van der Waals surface area (Å²) < 4.78 is 10.5. The maximum absolute atomic E-state index is 12.1. The summed E-state index contributed by atoms with van der Waals surface area (Å²) in [5, 5.41) is 15.0. The number of rotatable bonds is 5. The summed E-state index contributed by atoms with van der Waals surface area (Å²) in [6.07, 6.45) is 0.0656. The predicted molar refractivity (Wildman–Crippen MR) is 88.2 cm³/mol. The summed E-state index contributed by atoms with van der Waals surface area (Å²) >= 11 is 1.43. The average molecular weight is 351 g/mol. The number of carbonyl (C=O) groups is 2. The molecule has 0 unspecified atom stereocenters. The van der Waals surface area contributed by atoms with Crippen LogP contribution in [-0.2, 0) is 16.0 Å². The average Bonchev–Trinajstić information content (AvgIpc) is 3.23. The van der Waals surface area contributed by atoms with Crippen LogP contribution < -0.4 is 20.1 Å². The fraction of sp³-hybridized carbons (Fsp3) is 0.400. The maximum atomic E-state index is 12.1. The van der Waals surface area contributed by atoms with Gasteiger partial charge in [-0.15, -0.1) is 0 Å². The van der Waals surface area contributed by atoms with E-state index in [1.807, 2.05) is 0 Å². The van der Waals surface area contributed by atoms with Gasteiger partial charge in [-0.1, -0.05) is 17.8 Å². The first-order valence-electron chi connectivity index (χ1n) is 7.42. The molecule has 2 aliphatic heterocycles. The van der Waals surface area contributed by atoms with E-state index in [4.69, 9.17) is 9.47 Å². The van der Waals surface area contributed by atoms with Crippen molar-refractivity contribution in [3.8, 4) is 11.5 Å². The molecule has 128 valence electrons. The second kappa shape index (κ2) is 7.54. The molecule has 0 aliphatic carbocycles. The number of thioether (sulfide) groups is 1. The van der Waals surface area contributed by atoms with Crippen LogP contribution in [0.1, 0.15) is 5.56 Å². The minimum absolute atomic E-state index is 0.0656. The van der Waals surface area contributed by atoms with Gasteiger partial charge in [0.1, 0.15) is 6.04 Å². The molecule has 2 heterocycles. The number of ether oxygens (including phenoxy) is 2. The second-order valence-electron chi connectivity index (χ2n) is 5.19. The van der Waals surface area contributed by atoms with Gasteiger partial charge in [0.05, 0.1) is 19.6 Å². The third-order valence-electron chi connectivity index (χ3n) is 3.45. The minimum Gasteiger partial charge on any atom is -0.454 e. The number of nitrogens with one attached hydrogen (secondary N) is 2. The van der Waals surface area contributed by atoms with Gasteiger partial charge >= 0.3 is 0 Å². The van der Waals surface area contributed by atoms with Gasteiger partial charge in [-0.3, -0.25) is 14.6 Å². The smallest absolute Gasteiger partial charge is 0.250 e. The quantitative estimate of drug-likeness (QED) is 0.669. The summed E-state index contributed by atoms with van der Waals surface area (Å²) in [4.78, 5) is 28.3. The first kappa shape index (κ1) is 16.6. The van der Waals surface area contributed by atoms with Crippen molar-refractivity contribution in [3.05, 3.63) is 23.8 Å². The van der Waals surface area contributed by atoms with Crippen molar-refractivity contribution in [2.45, 2.75) is 12.5 Å². The number of amides is 2. The van der Waals surface area contributed by atoms with E-state index in [9.17, 15) is 14.7 Å². The largest absolute Gasteiger partial charge is 0.454 e. The van der Waals surface area contributed by atoms with Crippen LogP contribution in [0.5, 0.6) is 11.5 Å². The topological polar surface area (TPSA) is 109 Å². The molecular weight excluding hydrogens is 334 g/mol. The Hall–Kier alpha value is -2.26. The van der Waals surface area contributed by atoms with Crippen LogP contribution in [0.15, 0.2) is 23.2 Å². The van der Waals surface area contributed by atoms with E-state index in [-0.39, 0.29) is 19.1 Å². The molecule has 0 spiro atoms. The normalized spacial score (nSPS) is 16.5. The number of fused-ring (bicyclic) bond motifs is 1. The van der Waals surface area contributed by atoms with Crippen molar-refractivity contribution in [1.82, 2.24) is 10.6 Å². The molecule has 0 bridgehead atoms. The first-order chi connectivity index (χ1) is 11.7. The van der Waals surface area contributed by atoms with Crippen LogP contribution >= 0.6 is 11.8 Å². The fourth-order valence-electron chi connectivity index (χ4n) is 2.28. The highest BCUT2D eigenvalue weighted by Gasteiger charge is 2.22. The summed E-state index contributed by atoms with van der Waals surface area (Å²) in [6, 6.07) is 4.19. The molecule has 0 aromatic heterocycles. The van der Waals surface area contributed by atoms with E-state index in [2.05, 4.69) is 15.6 Å². The third-order valence-corrected chi connectivity index (χ3v) is 4.34. The number of nitrogens with zero attached hydrogens (tertiary/aromatic N) is 1. The van der Waals surface area contributed by atoms with Gasteiger partial charge in [-0.25, -0.2) is 0 Å².